The first kappa shape index (κ1) is 22.4. The number of aryl methyl sites for hydroxylation is 1. The highest BCUT2D eigenvalue weighted by Gasteiger charge is 2.35. The Hall–Kier alpha value is -3.78. The van der Waals surface area contributed by atoms with Gasteiger partial charge in [-0.15, -0.1) is 11.3 Å². The Labute approximate surface area is 195 Å². The number of rotatable bonds is 7. The van der Waals surface area contributed by atoms with E-state index < -0.39 is 17.7 Å². The molecule has 7 nitrogen and oxygen atoms in total. The normalized spacial score (nSPS) is 12.7. The summed E-state index contributed by atoms with van der Waals surface area (Å²) in [5.41, 5.74) is 8.16. The van der Waals surface area contributed by atoms with Gasteiger partial charge in [0.15, 0.2) is 0 Å². The van der Waals surface area contributed by atoms with Crippen molar-refractivity contribution in [3.63, 3.8) is 0 Å². The average Bonchev–Trinajstić information content (AvgIpc) is 3.26. The van der Waals surface area contributed by atoms with Crippen LogP contribution in [0.4, 0.5) is 5.00 Å². The average molecular weight is 462 g/mol. The summed E-state index contributed by atoms with van der Waals surface area (Å²) in [5.74, 6) is -1.87. The second-order valence-corrected chi connectivity index (χ2v) is 9.02. The van der Waals surface area contributed by atoms with Gasteiger partial charge in [-0.2, -0.15) is 0 Å². The maximum Gasteiger partial charge on any atom is 0.261 e. The zero-order valence-electron chi connectivity index (χ0n) is 18.3. The molecule has 0 spiro atoms. The maximum atomic E-state index is 13.0. The smallest absolute Gasteiger partial charge is 0.261 e. The molecule has 4 rings (SSSR count). The van der Waals surface area contributed by atoms with E-state index >= 15 is 0 Å². The fourth-order valence-electron chi connectivity index (χ4n) is 3.95. The minimum absolute atomic E-state index is 0.214. The molecule has 0 bridgehead atoms. The Bertz CT molecular complexity index is 1280. The van der Waals surface area contributed by atoms with E-state index in [9.17, 15) is 19.2 Å². The fraction of sp³-hybridized carbons (Fsp3) is 0.200. The molecule has 0 saturated heterocycles. The lowest BCUT2D eigenvalue weighted by molar-refractivity contribution is 0.0651. The Kier molecular flexibility index (Phi) is 6.11. The lowest BCUT2D eigenvalue weighted by atomic mass is 10.0. The number of anilines is 1. The molecule has 2 heterocycles. The summed E-state index contributed by atoms with van der Waals surface area (Å²) in [4.78, 5) is 52.6. The van der Waals surface area contributed by atoms with Crippen LogP contribution in [0.2, 0.25) is 0 Å². The number of imide groups is 1. The van der Waals surface area contributed by atoms with Gasteiger partial charge in [0.2, 0.25) is 0 Å². The van der Waals surface area contributed by atoms with Crippen molar-refractivity contribution in [1.29, 1.82) is 0 Å². The highest BCUT2D eigenvalue weighted by molar-refractivity contribution is 7.17. The number of hydrogen-bond donors (Lipinski definition) is 2. The number of nitrogens with one attached hydrogen (secondary N) is 1. The van der Waals surface area contributed by atoms with Crippen molar-refractivity contribution in [2.45, 2.75) is 26.7 Å². The van der Waals surface area contributed by atoms with E-state index in [-0.39, 0.29) is 22.6 Å². The highest BCUT2D eigenvalue weighted by Crippen LogP contribution is 2.39. The van der Waals surface area contributed by atoms with Crippen molar-refractivity contribution >= 4 is 40.0 Å². The van der Waals surface area contributed by atoms with E-state index in [4.69, 9.17) is 5.73 Å². The molecule has 1 aliphatic rings. The van der Waals surface area contributed by atoms with Gasteiger partial charge in [-0.3, -0.25) is 24.1 Å². The molecule has 0 atom stereocenters. The first-order valence-corrected chi connectivity index (χ1v) is 11.4. The Morgan fingerprint density at radius 3 is 2.39 bits per heavy atom. The van der Waals surface area contributed by atoms with Gasteiger partial charge in [-0.1, -0.05) is 43.7 Å². The largest absolute Gasteiger partial charge is 0.365 e. The van der Waals surface area contributed by atoms with E-state index in [1.54, 1.807) is 0 Å². The topological polar surface area (TPSA) is 110 Å². The van der Waals surface area contributed by atoms with Gasteiger partial charge >= 0.3 is 0 Å². The molecular formula is C25H23N3O4S. The van der Waals surface area contributed by atoms with Crippen molar-refractivity contribution < 1.29 is 19.2 Å². The van der Waals surface area contributed by atoms with E-state index in [2.05, 4.69) is 5.32 Å². The zero-order valence-corrected chi connectivity index (χ0v) is 19.1. The molecule has 33 heavy (non-hydrogen) atoms. The van der Waals surface area contributed by atoms with Gasteiger partial charge in [0.05, 0.1) is 16.7 Å². The van der Waals surface area contributed by atoms with Crippen LogP contribution in [0.25, 0.3) is 11.1 Å². The second-order valence-electron chi connectivity index (χ2n) is 7.80. The van der Waals surface area contributed by atoms with Crippen LogP contribution < -0.4 is 11.1 Å². The van der Waals surface area contributed by atoms with Crippen LogP contribution in [0, 0.1) is 6.92 Å². The van der Waals surface area contributed by atoms with Crippen LogP contribution in [0.1, 0.15) is 66.1 Å². The van der Waals surface area contributed by atoms with Crippen LogP contribution in [0.5, 0.6) is 0 Å². The molecule has 0 unspecified atom stereocenters. The quantitative estimate of drug-likeness (QED) is 0.506. The van der Waals surface area contributed by atoms with Crippen molar-refractivity contribution in [3.05, 3.63) is 75.7 Å². The third-order valence-electron chi connectivity index (χ3n) is 5.59. The van der Waals surface area contributed by atoms with Crippen molar-refractivity contribution in [3.8, 4) is 11.1 Å². The van der Waals surface area contributed by atoms with Crippen molar-refractivity contribution in [2.24, 2.45) is 5.73 Å². The van der Waals surface area contributed by atoms with Gasteiger partial charge in [-0.05, 0) is 37.1 Å². The molecule has 0 aliphatic carbocycles. The predicted molar refractivity (Wildman–Crippen MR) is 128 cm³/mol. The van der Waals surface area contributed by atoms with Crippen LogP contribution in [0.15, 0.2) is 48.5 Å². The number of carbonyl (C=O) groups excluding carboxylic acids is 4. The molecule has 3 aromatic rings. The second kappa shape index (κ2) is 8.99. The molecule has 3 N–H and O–H groups in total. The van der Waals surface area contributed by atoms with Gasteiger partial charge in [0, 0.05) is 22.5 Å². The van der Waals surface area contributed by atoms with Gasteiger partial charge in [0.1, 0.15) is 5.00 Å². The molecular weight excluding hydrogens is 438 g/mol. The molecule has 0 radical (unpaired) electrons. The number of fused-ring (bicyclic) bond motifs is 1. The molecule has 1 aliphatic heterocycles. The summed E-state index contributed by atoms with van der Waals surface area (Å²) < 4.78 is 0. The minimum atomic E-state index is -0.644. The first-order valence-electron chi connectivity index (χ1n) is 10.6. The Balaban J connectivity index is 1.65. The molecule has 2 aromatic carbocycles. The number of unbranched alkanes of at least 4 members (excludes halogenated alkanes) is 1. The van der Waals surface area contributed by atoms with Crippen LogP contribution in [0.3, 0.4) is 0 Å². The fourth-order valence-corrected chi connectivity index (χ4v) is 5.02. The summed E-state index contributed by atoms with van der Waals surface area (Å²) in [6.45, 7) is 4.19. The van der Waals surface area contributed by atoms with Crippen molar-refractivity contribution in [2.75, 3.05) is 11.9 Å². The number of amides is 4. The first-order chi connectivity index (χ1) is 15.8. The lowest BCUT2D eigenvalue weighted by Crippen LogP contribution is -2.30. The monoisotopic (exact) mass is 461 g/mol. The van der Waals surface area contributed by atoms with Crippen LogP contribution >= 0.6 is 11.3 Å². The molecule has 0 saturated carbocycles. The summed E-state index contributed by atoms with van der Waals surface area (Å²) in [5, 5.41) is 3.11. The van der Waals surface area contributed by atoms with Gasteiger partial charge in [-0.25, -0.2) is 0 Å². The third kappa shape index (κ3) is 4.05. The molecule has 0 fully saturated rings. The molecule has 1 aromatic heterocycles. The van der Waals surface area contributed by atoms with Crippen LogP contribution in [-0.4, -0.2) is 35.1 Å². The van der Waals surface area contributed by atoms with Crippen LogP contribution in [-0.2, 0) is 0 Å². The summed E-state index contributed by atoms with van der Waals surface area (Å²) in [6, 6.07) is 13.8. The van der Waals surface area contributed by atoms with Gasteiger partial charge < -0.3 is 11.1 Å². The predicted octanol–water partition coefficient (Wildman–Crippen LogP) is 4.47. The zero-order chi connectivity index (χ0) is 23.7. The molecule has 8 heteroatoms. The van der Waals surface area contributed by atoms with E-state index in [0.29, 0.717) is 22.7 Å². The van der Waals surface area contributed by atoms with E-state index in [0.717, 1.165) is 23.3 Å². The highest BCUT2D eigenvalue weighted by atomic mass is 32.1. The van der Waals surface area contributed by atoms with Gasteiger partial charge in [0.25, 0.3) is 23.6 Å². The lowest BCUT2D eigenvalue weighted by Gasteiger charge is -2.12. The number of hydrogen-bond acceptors (Lipinski definition) is 5. The standard InChI is InChI=1S/C25H23N3O4S/c1-3-4-12-28-24(31)17-11-10-16(13-18(17)25(28)32)22(30)27-23-20(21(26)29)19(14(2)33-23)15-8-6-5-7-9-15/h5-11,13H,3-4,12H2,1-2H3,(H2,26,29)(H,27,30). The van der Waals surface area contributed by atoms with E-state index in [1.807, 2.05) is 44.2 Å². The number of nitrogens with zero attached hydrogens (tertiary/aromatic N) is 1. The summed E-state index contributed by atoms with van der Waals surface area (Å²) in [7, 11) is 0. The number of primary amides is 1. The Morgan fingerprint density at radius 1 is 1.03 bits per heavy atom. The molecule has 4 amide bonds. The third-order valence-corrected chi connectivity index (χ3v) is 6.61. The summed E-state index contributed by atoms with van der Waals surface area (Å²) in [6.07, 6.45) is 1.57. The molecule has 168 valence electrons. The van der Waals surface area contributed by atoms with Crippen molar-refractivity contribution in [1.82, 2.24) is 4.90 Å². The minimum Gasteiger partial charge on any atom is -0.365 e. The number of nitrogens with two attached hydrogens (primary N) is 1. The summed E-state index contributed by atoms with van der Waals surface area (Å²) >= 11 is 1.26. The van der Waals surface area contributed by atoms with E-state index in [1.165, 1.54) is 34.4 Å². The number of thiophene rings is 1. The number of carbonyl (C=O) groups is 4. The maximum absolute atomic E-state index is 13.0. The SMILES string of the molecule is CCCCN1C(=O)c2ccc(C(=O)Nc3sc(C)c(-c4ccccc4)c3C(N)=O)cc2C1=O. The number of benzene rings is 2. The Morgan fingerprint density at radius 2 is 1.73 bits per heavy atom.